The molecule has 0 saturated heterocycles. The van der Waals surface area contributed by atoms with E-state index in [4.69, 9.17) is 11.5 Å². The van der Waals surface area contributed by atoms with Gasteiger partial charge >= 0.3 is 0 Å². The van der Waals surface area contributed by atoms with E-state index in [2.05, 4.69) is 9.97 Å². The molecule has 0 aliphatic carbocycles. The number of aromatic nitrogens is 2. The van der Waals surface area contributed by atoms with Crippen molar-refractivity contribution < 1.29 is 13.6 Å². The van der Waals surface area contributed by atoms with Crippen LogP contribution < -0.4 is 11.5 Å². The minimum atomic E-state index is -0.723. The molecular weight excluding hydrogens is 266 g/mol. The molecule has 0 saturated carbocycles. The smallest absolute Gasteiger partial charge is 0.254 e. The van der Waals surface area contributed by atoms with Gasteiger partial charge in [0, 0.05) is 12.5 Å². The van der Waals surface area contributed by atoms with Crippen LogP contribution in [0.25, 0.3) is 0 Å². The SMILES string of the molecule is Cc1nc(Cc2ccc(F)cc2F)nc(N)c1C(N)=O. The summed E-state index contributed by atoms with van der Waals surface area (Å²) in [5, 5.41) is 0. The topological polar surface area (TPSA) is 94.9 Å². The number of halogens is 2. The lowest BCUT2D eigenvalue weighted by atomic mass is 10.1. The summed E-state index contributed by atoms with van der Waals surface area (Å²) >= 11 is 0. The molecule has 104 valence electrons. The van der Waals surface area contributed by atoms with Gasteiger partial charge in [-0.05, 0) is 18.6 Å². The molecule has 2 rings (SSSR count). The Bertz CT molecular complexity index is 665. The van der Waals surface area contributed by atoms with Crippen molar-refractivity contribution in [2.45, 2.75) is 13.3 Å². The van der Waals surface area contributed by atoms with E-state index in [1.165, 1.54) is 6.07 Å². The van der Waals surface area contributed by atoms with E-state index < -0.39 is 17.5 Å². The Morgan fingerprint density at radius 3 is 2.55 bits per heavy atom. The zero-order valence-corrected chi connectivity index (χ0v) is 10.7. The van der Waals surface area contributed by atoms with Crippen LogP contribution in [0.1, 0.15) is 27.4 Å². The maximum absolute atomic E-state index is 13.5. The lowest BCUT2D eigenvalue weighted by molar-refractivity contribution is 0.1000. The van der Waals surface area contributed by atoms with Crippen molar-refractivity contribution in [3.63, 3.8) is 0 Å². The summed E-state index contributed by atoms with van der Waals surface area (Å²) in [5.41, 5.74) is 11.4. The van der Waals surface area contributed by atoms with Gasteiger partial charge < -0.3 is 11.5 Å². The van der Waals surface area contributed by atoms with E-state index in [9.17, 15) is 13.6 Å². The van der Waals surface area contributed by atoms with Crippen molar-refractivity contribution >= 4 is 11.7 Å². The van der Waals surface area contributed by atoms with Gasteiger partial charge in [-0.25, -0.2) is 18.7 Å². The number of nitrogens with two attached hydrogens (primary N) is 2. The second-order valence-electron chi connectivity index (χ2n) is 4.26. The minimum Gasteiger partial charge on any atom is -0.383 e. The number of hydrogen-bond acceptors (Lipinski definition) is 4. The molecule has 5 nitrogen and oxygen atoms in total. The number of nitrogen functional groups attached to an aromatic ring is 1. The molecule has 0 radical (unpaired) electrons. The second kappa shape index (κ2) is 5.20. The number of anilines is 1. The molecule has 1 aromatic carbocycles. The van der Waals surface area contributed by atoms with Crippen LogP contribution in [-0.2, 0) is 6.42 Å². The van der Waals surface area contributed by atoms with Gasteiger partial charge in [0.1, 0.15) is 28.8 Å². The Morgan fingerprint density at radius 2 is 2.00 bits per heavy atom. The largest absolute Gasteiger partial charge is 0.383 e. The van der Waals surface area contributed by atoms with Crippen LogP contribution in [0.4, 0.5) is 14.6 Å². The first-order valence-corrected chi connectivity index (χ1v) is 5.75. The van der Waals surface area contributed by atoms with Crippen LogP contribution in [0.2, 0.25) is 0 Å². The number of benzene rings is 1. The zero-order valence-electron chi connectivity index (χ0n) is 10.7. The first kappa shape index (κ1) is 13.9. The molecular formula is C13H12F2N4O. The Labute approximate surface area is 113 Å². The Hall–Kier alpha value is -2.57. The Kier molecular flexibility index (Phi) is 3.60. The molecule has 1 amide bonds. The number of nitrogens with zero attached hydrogens (tertiary/aromatic N) is 2. The number of carbonyl (C=O) groups excluding carboxylic acids is 1. The number of hydrogen-bond donors (Lipinski definition) is 2. The number of carbonyl (C=O) groups is 1. The molecule has 0 fully saturated rings. The fraction of sp³-hybridized carbons (Fsp3) is 0.154. The summed E-state index contributed by atoms with van der Waals surface area (Å²) in [6.45, 7) is 1.56. The fourth-order valence-corrected chi connectivity index (χ4v) is 1.87. The molecule has 1 aromatic heterocycles. The van der Waals surface area contributed by atoms with Crippen LogP contribution in [0.15, 0.2) is 18.2 Å². The molecule has 4 N–H and O–H groups in total. The third-order valence-corrected chi connectivity index (χ3v) is 2.77. The molecule has 0 unspecified atom stereocenters. The van der Waals surface area contributed by atoms with E-state index >= 15 is 0 Å². The second-order valence-corrected chi connectivity index (χ2v) is 4.26. The predicted molar refractivity (Wildman–Crippen MR) is 68.9 cm³/mol. The molecule has 20 heavy (non-hydrogen) atoms. The number of amides is 1. The highest BCUT2D eigenvalue weighted by molar-refractivity contribution is 5.98. The standard InChI is InChI=1S/C13H12F2N4O/c1-6-11(13(17)20)12(16)19-10(18-6)4-7-2-3-8(14)5-9(7)15/h2-3,5H,4H2,1H3,(H2,17,20)(H2,16,18,19). The maximum atomic E-state index is 13.5. The van der Waals surface area contributed by atoms with E-state index in [1.54, 1.807) is 6.92 Å². The quantitative estimate of drug-likeness (QED) is 0.885. The molecule has 7 heteroatoms. The number of primary amides is 1. The molecule has 0 aliphatic heterocycles. The van der Waals surface area contributed by atoms with Gasteiger partial charge in [0.15, 0.2) is 0 Å². The summed E-state index contributed by atoms with van der Waals surface area (Å²) in [7, 11) is 0. The van der Waals surface area contributed by atoms with Crippen molar-refractivity contribution in [3.8, 4) is 0 Å². The Morgan fingerprint density at radius 1 is 1.30 bits per heavy atom. The summed E-state index contributed by atoms with van der Waals surface area (Å²) in [5.74, 6) is -1.90. The van der Waals surface area contributed by atoms with Gasteiger partial charge in [0.25, 0.3) is 5.91 Å². The highest BCUT2D eigenvalue weighted by atomic mass is 19.1. The van der Waals surface area contributed by atoms with Gasteiger partial charge in [0.2, 0.25) is 0 Å². The number of rotatable bonds is 3. The first-order valence-electron chi connectivity index (χ1n) is 5.75. The average molecular weight is 278 g/mol. The van der Waals surface area contributed by atoms with E-state index in [0.717, 1.165) is 12.1 Å². The van der Waals surface area contributed by atoms with Crippen LogP contribution >= 0.6 is 0 Å². The number of aryl methyl sites for hydroxylation is 1. The third-order valence-electron chi connectivity index (χ3n) is 2.77. The van der Waals surface area contributed by atoms with Gasteiger partial charge in [0.05, 0.1) is 5.69 Å². The van der Waals surface area contributed by atoms with Crippen LogP contribution in [0, 0.1) is 18.6 Å². The van der Waals surface area contributed by atoms with Crippen molar-refractivity contribution in [1.29, 1.82) is 0 Å². The van der Waals surface area contributed by atoms with Crippen LogP contribution in [0.3, 0.4) is 0 Å². The zero-order chi connectivity index (χ0) is 14.9. The van der Waals surface area contributed by atoms with E-state index in [0.29, 0.717) is 5.69 Å². The van der Waals surface area contributed by atoms with Gasteiger partial charge in [-0.15, -0.1) is 0 Å². The van der Waals surface area contributed by atoms with Crippen molar-refractivity contribution in [2.24, 2.45) is 5.73 Å². The Balaban J connectivity index is 2.37. The molecule has 0 bridgehead atoms. The monoisotopic (exact) mass is 278 g/mol. The molecule has 1 heterocycles. The van der Waals surface area contributed by atoms with E-state index in [-0.39, 0.29) is 29.2 Å². The lowest BCUT2D eigenvalue weighted by Gasteiger charge is -2.08. The van der Waals surface area contributed by atoms with Gasteiger partial charge in [-0.1, -0.05) is 6.07 Å². The van der Waals surface area contributed by atoms with Crippen molar-refractivity contribution in [2.75, 3.05) is 5.73 Å². The van der Waals surface area contributed by atoms with Gasteiger partial charge in [-0.3, -0.25) is 4.79 Å². The molecule has 0 aliphatic rings. The van der Waals surface area contributed by atoms with Gasteiger partial charge in [-0.2, -0.15) is 0 Å². The maximum Gasteiger partial charge on any atom is 0.254 e. The highest BCUT2D eigenvalue weighted by Crippen LogP contribution is 2.16. The summed E-state index contributed by atoms with van der Waals surface area (Å²) in [4.78, 5) is 19.1. The van der Waals surface area contributed by atoms with E-state index in [1.807, 2.05) is 0 Å². The molecule has 0 atom stereocenters. The highest BCUT2D eigenvalue weighted by Gasteiger charge is 2.15. The summed E-state index contributed by atoms with van der Waals surface area (Å²) < 4.78 is 26.4. The normalized spacial score (nSPS) is 10.6. The van der Waals surface area contributed by atoms with Crippen LogP contribution in [0.5, 0.6) is 0 Å². The first-order chi connectivity index (χ1) is 9.38. The summed E-state index contributed by atoms with van der Waals surface area (Å²) in [6.07, 6.45) is 0.0379. The minimum absolute atomic E-state index is 0.0379. The van der Waals surface area contributed by atoms with Crippen molar-refractivity contribution in [3.05, 3.63) is 52.5 Å². The summed E-state index contributed by atoms with van der Waals surface area (Å²) in [6, 6.07) is 3.23. The predicted octanol–water partition coefficient (Wildman–Crippen LogP) is 1.34. The third kappa shape index (κ3) is 2.71. The fourth-order valence-electron chi connectivity index (χ4n) is 1.87. The molecule has 2 aromatic rings. The molecule has 0 spiro atoms. The average Bonchev–Trinajstić information content (AvgIpc) is 2.31. The lowest BCUT2D eigenvalue weighted by Crippen LogP contribution is -2.18. The van der Waals surface area contributed by atoms with Crippen molar-refractivity contribution in [1.82, 2.24) is 9.97 Å². The van der Waals surface area contributed by atoms with Crippen LogP contribution in [-0.4, -0.2) is 15.9 Å².